The third-order valence-corrected chi connectivity index (χ3v) is 6.55. The van der Waals surface area contributed by atoms with E-state index in [0.717, 1.165) is 18.9 Å². The van der Waals surface area contributed by atoms with Crippen molar-refractivity contribution in [1.29, 1.82) is 0 Å². The van der Waals surface area contributed by atoms with E-state index in [2.05, 4.69) is 70.0 Å². The van der Waals surface area contributed by atoms with Gasteiger partial charge in [-0.15, -0.1) is 0 Å². The predicted molar refractivity (Wildman–Crippen MR) is 127 cm³/mol. The van der Waals surface area contributed by atoms with E-state index in [9.17, 15) is 9.90 Å². The Labute approximate surface area is 188 Å². The molecule has 3 aromatic rings. The van der Waals surface area contributed by atoms with Crippen LogP contribution >= 0.6 is 0 Å². The van der Waals surface area contributed by atoms with Crippen LogP contribution in [0.2, 0.25) is 0 Å². The van der Waals surface area contributed by atoms with Crippen LogP contribution in [0.15, 0.2) is 60.9 Å². The van der Waals surface area contributed by atoms with Gasteiger partial charge >= 0.3 is 5.97 Å². The first-order valence-electron chi connectivity index (χ1n) is 11.2. The molecule has 1 aromatic heterocycles. The Hall–Kier alpha value is -3.38. The number of aromatic carboxylic acids is 1. The van der Waals surface area contributed by atoms with Crippen molar-refractivity contribution in [1.82, 2.24) is 10.3 Å². The Kier molecular flexibility index (Phi) is 5.53. The van der Waals surface area contributed by atoms with Crippen LogP contribution in [0, 0.1) is 0 Å². The molecule has 0 bridgehead atoms. The number of rotatable bonds is 7. The molecule has 1 fully saturated rings. The van der Waals surface area contributed by atoms with E-state index >= 15 is 0 Å². The van der Waals surface area contributed by atoms with E-state index in [1.165, 1.54) is 53.2 Å². The van der Waals surface area contributed by atoms with Gasteiger partial charge < -0.3 is 20.6 Å². The lowest BCUT2D eigenvalue weighted by Gasteiger charge is -2.29. The molecule has 1 aliphatic carbocycles. The summed E-state index contributed by atoms with van der Waals surface area (Å²) in [7, 11) is 2.11. The Balaban J connectivity index is 1.31. The fraction of sp³-hybridized carbons (Fsp3) is 0.308. The van der Waals surface area contributed by atoms with Crippen molar-refractivity contribution < 1.29 is 9.90 Å². The predicted octanol–water partition coefficient (Wildman–Crippen LogP) is 4.72. The number of carboxylic acid groups (broad SMARTS) is 1. The number of carbonyl (C=O) groups is 1. The fourth-order valence-corrected chi connectivity index (χ4v) is 4.50. The molecule has 0 amide bonds. The topological polar surface area (TPSA) is 77.5 Å². The summed E-state index contributed by atoms with van der Waals surface area (Å²) < 4.78 is 0. The molecule has 6 heteroatoms. The molecule has 164 valence electrons. The van der Waals surface area contributed by atoms with Gasteiger partial charge in [0, 0.05) is 37.2 Å². The number of fused-ring (bicyclic) bond motifs is 1. The van der Waals surface area contributed by atoms with Crippen molar-refractivity contribution in [3.63, 3.8) is 0 Å². The average Bonchev–Trinajstić information content (AvgIpc) is 3.68. The van der Waals surface area contributed by atoms with Gasteiger partial charge in [-0.1, -0.05) is 18.2 Å². The zero-order valence-electron chi connectivity index (χ0n) is 18.2. The average molecular weight is 429 g/mol. The molecule has 1 atom stereocenters. The first kappa shape index (κ1) is 20.5. The van der Waals surface area contributed by atoms with Crippen LogP contribution in [0.5, 0.6) is 0 Å². The Bertz CT molecular complexity index is 1120. The second kappa shape index (κ2) is 8.63. The van der Waals surface area contributed by atoms with Gasteiger partial charge in [0.05, 0.1) is 17.4 Å². The van der Waals surface area contributed by atoms with Crippen molar-refractivity contribution in [2.45, 2.75) is 31.2 Å². The normalized spacial score (nSPS) is 17.5. The Morgan fingerprint density at radius 3 is 2.69 bits per heavy atom. The third kappa shape index (κ3) is 4.18. The number of hydrogen-bond acceptors (Lipinski definition) is 5. The molecule has 2 aliphatic rings. The zero-order chi connectivity index (χ0) is 22.1. The monoisotopic (exact) mass is 428 g/mol. The first-order valence-corrected chi connectivity index (χ1v) is 11.2. The van der Waals surface area contributed by atoms with Crippen LogP contribution in [0.25, 0.3) is 0 Å². The third-order valence-electron chi connectivity index (χ3n) is 6.55. The molecule has 3 N–H and O–H groups in total. The molecule has 2 heterocycles. The number of carboxylic acids is 1. The molecular weight excluding hydrogens is 400 g/mol. The highest BCUT2D eigenvalue weighted by atomic mass is 16.4. The van der Waals surface area contributed by atoms with Crippen LogP contribution < -0.4 is 15.5 Å². The number of nitrogens with zero attached hydrogens (tertiary/aromatic N) is 2. The highest BCUT2D eigenvalue weighted by Gasteiger charge is 2.24. The zero-order valence-corrected chi connectivity index (χ0v) is 18.2. The Morgan fingerprint density at radius 2 is 1.94 bits per heavy atom. The van der Waals surface area contributed by atoms with E-state index in [1.54, 1.807) is 6.20 Å². The minimum absolute atomic E-state index is 0.109. The first-order chi connectivity index (χ1) is 15.6. The fourth-order valence-electron chi connectivity index (χ4n) is 4.50. The van der Waals surface area contributed by atoms with E-state index in [-0.39, 0.29) is 11.6 Å². The number of anilines is 3. The molecule has 1 saturated carbocycles. The number of aromatic nitrogens is 1. The van der Waals surface area contributed by atoms with Gasteiger partial charge in [0.1, 0.15) is 0 Å². The second-order valence-electron chi connectivity index (χ2n) is 8.67. The second-order valence-corrected chi connectivity index (χ2v) is 8.67. The number of pyridine rings is 1. The lowest BCUT2D eigenvalue weighted by atomic mass is 9.93. The van der Waals surface area contributed by atoms with Gasteiger partial charge in [0.2, 0.25) is 0 Å². The van der Waals surface area contributed by atoms with Crippen molar-refractivity contribution >= 4 is 23.0 Å². The largest absolute Gasteiger partial charge is 0.478 e. The summed E-state index contributed by atoms with van der Waals surface area (Å²) in [6.07, 6.45) is 6.69. The molecule has 0 spiro atoms. The molecule has 0 radical (unpaired) electrons. The molecular formula is C26H28N4O2. The minimum Gasteiger partial charge on any atom is -0.478 e. The summed E-state index contributed by atoms with van der Waals surface area (Å²) in [5, 5.41) is 16.2. The van der Waals surface area contributed by atoms with Crippen molar-refractivity contribution in [3.05, 3.63) is 83.2 Å². The highest BCUT2D eigenvalue weighted by Crippen LogP contribution is 2.40. The van der Waals surface area contributed by atoms with Gasteiger partial charge in [0.25, 0.3) is 0 Å². The molecule has 6 nitrogen and oxygen atoms in total. The lowest BCUT2D eigenvalue weighted by molar-refractivity contribution is 0.0697. The standard InChI is InChI=1S/C26H28N4O2/c1-30(20-6-4-18(5-7-20)17-2-3-17)21-8-9-22-19(14-21)10-13-28-25(22)16-29-24-15-27-12-11-23(24)26(31)32/h4-9,11-12,14-15,17,25,28-29H,2-3,10,13,16H2,1H3,(H,31,32)/t25-/m0/s1. The summed E-state index contributed by atoms with van der Waals surface area (Å²) in [6.45, 7) is 1.48. The molecule has 5 rings (SSSR count). The van der Waals surface area contributed by atoms with Gasteiger partial charge in [0.15, 0.2) is 0 Å². The maximum absolute atomic E-state index is 11.5. The van der Waals surface area contributed by atoms with Crippen molar-refractivity contribution in [2.75, 3.05) is 30.4 Å². The van der Waals surface area contributed by atoms with Crippen molar-refractivity contribution in [2.24, 2.45) is 0 Å². The number of benzene rings is 2. The van der Waals surface area contributed by atoms with Crippen LogP contribution in [0.1, 0.15) is 51.8 Å². The Morgan fingerprint density at radius 1 is 1.16 bits per heavy atom. The quantitative estimate of drug-likeness (QED) is 0.505. The van der Waals surface area contributed by atoms with Gasteiger partial charge in [-0.2, -0.15) is 0 Å². The molecule has 0 unspecified atom stereocenters. The maximum Gasteiger partial charge on any atom is 0.337 e. The summed E-state index contributed by atoms with van der Waals surface area (Å²) in [5.74, 6) is -0.181. The minimum atomic E-state index is -0.954. The van der Waals surface area contributed by atoms with E-state index in [1.807, 2.05) is 0 Å². The highest BCUT2D eigenvalue weighted by molar-refractivity contribution is 5.93. The number of hydrogen-bond donors (Lipinski definition) is 3. The molecule has 1 aliphatic heterocycles. The SMILES string of the molecule is CN(c1ccc(C2CC2)cc1)c1ccc2c(c1)CCN[C@H]2CNc1cnccc1C(=O)O. The van der Waals surface area contributed by atoms with Gasteiger partial charge in [-0.25, -0.2) is 4.79 Å². The molecule has 32 heavy (non-hydrogen) atoms. The van der Waals surface area contributed by atoms with E-state index in [0.29, 0.717) is 12.2 Å². The maximum atomic E-state index is 11.5. The molecule has 2 aromatic carbocycles. The van der Waals surface area contributed by atoms with Crippen LogP contribution in [-0.2, 0) is 6.42 Å². The van der Waals surface area contributed by atoms with Crippen molar-refractivity contribution in [3.8, 4) is 0 Å². The summed E-state index contributed by atoms with van der Waals surface area (Å²) in [4.78, 5) is 17.8. The van der Waals surface area contributed by atoms with Crippen LogP contribution in [0.3, 0.4) is 0 Å². The van der Waals surface area contributed by atoms with Crippen LogP contribution in [-0.4, -0.2) is 36.2 Å². The summed E-state index contributed by atoms with van der Waals surface area (Å²) in [6, 6.07) is 17.2. The summed E-state index contributed by atoms with van der Waals surface area (Å²) in [5.41, 5.74) is 7.19. The van der Waals surface area contributed by atoms with Crippen LogP contribution in [0.4, 0.5) is 17.1 Å². The molecule has 0 saturated heterocycles. The summed E-state index contributed by atoms with van der Waals surface area (Å²) >= 11 is 0. The van der Waals surface area contributed by atoms with E-state index in [4.69, 9.17) is 0 Å². The van der Waals surface area contributed by atoms with E-state index < -0.39 is 5.97 Å². The number of nitrogens with one attached hydrogen (secondary N) is 2. The van der Waals surface area contributed by atoms with Gasteiger partial charge in [-0.05, 0) is 78.7 Å². The van der Waals surface area contributed by atoms with Gasteiger partial charge in [-0.3, -0.25) is 4.98 Å². The lowest BCUT2D eigenvalue weighted by Crippen LogP contribution is -2.34. The smallest absolute Gasteiger partial charge is 0.337 e.